The van der Waals surface area contributed by atoms with Crippen molar-refractivity contribution >= 4 is 10.2 Å². The van der Waals surface area contributed by atoms with Crippen LogP contribution in [-0.2, 0) is 10.2 Å². The van der Waals surface area contributed by atoms with E-state index in [4.69, 9.17) is 5.11 Å². The van der Waals surface area contributed by atoms with E-state index in [0.717, 1.165) is 19.3 Å². The van der Waals surface area contributed by atoms with Gasteiger partial charge in [-0.1, -0.05) is 20.8 Å². The summed E-state index contributed by atoms with van der Waals surface area (Å²) in [5.41, 5.74) is 0.161. The number of hydrogen-bond acceptors (Lipinski definition) is 3. The molecule has 1 atom stereocenters. The summed E-state index contributed by atoms with van der Waals surface area (Å²) in [6.45, 7) is 9.09. The van der Waals surface area contributed by atoms with Crippen molar-refractivity contribution in [3.05, 3.63) is 0 Å². The normalized spacial score (nSPS) is 28.1. The van der Waals surface area contributed by atoms with Crippen molar-refractivity contribution in [1.29, 1.82) is 0 Å². The second kappa shape index (κ2) is 5.91. The first kappa shape index (κ1) is 16.2. The van der Waals surface area contributed by atoms with E-state index in [-0.39, 0.29) is 17.9 Å². The molecule has 0 amide bonds. The minimum Gasteiger partial charge on any atom is -0.396 e. The molecule has 2 fully saturated rings. The maximum Gasteiger partial charge on any atom is 0.281 e. The van der Waals surface area contributed by atoms with Gasteiger partial charge in [-0.3, -0.25) is 0 Å². The maximum absolute atomic E-state index is 12.6. The molecule has 6 heteroatoms. The third-order valence-corrected chi connectivity index (χ3v) is 6.86. The van der Waals surface area contributed by atoms with Crippen LogP contribution in [0.25, 0.3) is 0 Å². The highest BCUT2D eigenvalue weighted by molar-refractivity contribution is 7.86. The Balaban J connectivity index is 1.98. The maximum atomic E-state index is 12.6. The molecular formula is C14H28N2O3S. The first-order valence-corrected chi connectivity index (χ1v) is 9.01. The van der Waals surface area contributed by atoms with Gasteiger partial charge in [0.15, 0.2) is 0 Å². The molecule has 0 radical (unpaired) electrons. The zero-order chi connectivity index (χ0) is 15.0. The molecule has 0 saturated carbocycles. The minimum absolute atomic E-state index is 0.161. The molecule has 0 aliphatic carbocycles. The Morgan fingerprint density at radius 1 is 1.05 bits per heavy atom. The highest BCUT2D eigenvalue weighted by Gasteiger charge is 2.40. The molecule has 0 aromatic rings. The molecule has 1 N–H and O–H groups in total. The molecule has 2 heterocycles. The molecule has 0 bridgehead atoms. The molecule has 118 valence electrons. The smallest absolute Gasteiger partial charge is 0.281 e. The van der Waals surface area contributed by atoms with Gasteiger partial charge in [0.2, 0.25) is 0 Å². The topological polar surface area (TPSA) is 60.9 Å². The van der Waals surface area contributed by atoms with Gasteiger partial charge in [-0.05, 0) is 36.5 Å². The standard InChI is InChI=1S/C14H28N2O3S/c1-14(2,3)13-6-9-16(10-13)20(18,19)15-7-4-12(11-17)5-8-15/h12-13,17H,4-11H2,1-3H3. The van der Waals surface area contributed by atoms with Crippen molar-refractivity contribution in [2.24, 2.45) is 17.3 Å². The molecule has 20 heavy (non-hydrogen) atoms. The minimum atomic E-state index is -3.30. The van der Waals surface area contributed by atoms with E-state index in [2.05, 4.69) is 20.8 Å². The Bertz CT molecular complexity index is 422. The lowest BCUT2D eigenvalue weighted by molar-refractivity contribution is 0.166. The van der Waals surface area contributed by atoms with Crippen molar-refractivity contribution in [3.8, 4) is 0 Å². The summed E-state index contributed by atoms with van der Waals surface area (Å²) in [5.74, 6) is 0.703. The second-order valence-corrected chi connectivity index (χ2v) is 9.17. The Kier molecular flexibility index (Phi) is 4.79. The van der Waals surface area contributed by atoms with E-state index in [1.54, 1.807) is 8.61 Å². The summed E-state index contributed by atoms with van der Waals surface area (Å²) in [7, 11) is -3.30. The van der Waals surface area contributed by atoms with Crippen LogP contribution in [0.5, 0.6) is 0 Å². The SMILES string of the molecule is CC(C)(C)C1CCN(S(=O)(=O)N2CCC(CO)CC2)C1. The lowest BCUT2D eigenvalue weighted by Crippen LogP contribution is -2.47. The largest absolute Gasteiger partial charge is 0.396 e. The molecule has 2 aliphatic rings. The third kappa shape index (κ3) is 3.35. The van der Waals surface area contributed by atoms with Gasteiger partial charge >= 0.3 is 0 Å². The summed E-state index contributed by atoms with van der Waals surface area (Å²) in [6, 6.07) is 0. The fraction of sp³-hybridized carbons (Fsp3) is 1.00. The number of aliphatic hydroxyl groups excluding tert-OH is 1. The second-order valence-electron chi connectivity index (χ2n) is 7.24. The molecule has 2 rings (SSSR count). The lowest BCUT2D eigenvalue weighted by atomic mass is 9.80. The van der Waals surface area contributed by atoms with E-state index in [9.17, 15) is 8.42 Å². The molecule has 1 unspecified atom stereocenters. The molecule has 0 spiro atoms. The first-order chi connectivity index (χ1) is 9.25. The van der Waals surface area contributed by atoms with Crippen LogP contribution in [0.3, 0.4) is 0 Å². The average molecular weight is 304 g/mol. The number of rotatable bonds is 3. The molecule has 0 aromatic carbocycles. The molecule has 0 aromatic heterocycles. The van der Waals surface area contributed by atoms with Gasteiger partial charge in [0.25, 0.3) is 10.2 Å². The van der Waals surface area contributed by atoms with Crippen LogP contribution in [-0.4, -0.2) is 54.9 Å². The van der Waals surface area contributed by atoms with E-state index in [1.807, 2.05) is 0 Å². The van der Waals surface area contributed by atoms with Gasteiger partial charge in [0.1, 0.15) is 0 Å². The van der Waals surface area contributed by atoms with E-state index < -0.39 is 10.2 Å². The van der Waals surface area contributed by atoms with Gasteiger partial charge in [-0.25, -0.2) is 0 Å². The van der Waals surface area contributed by atoms with Crippen LogP contribution < -0.4 is 0 Å². The van der Waals surface area contributed by atoms with Crippen molar-refractivity contribution in [3.63, 3.8) is 0 Å². The van der Waals surface area contributed by atoms with Gasteiger partial charge in [0, 0.05) is 32.8 Å². The fourth-order valence-electron chi connectivity index (χ4n) is 3.13. The Morgan fingerprint density at radius 3 is 2.05 bits per heavy atom. The quantitative estimate of drug-likeness (QED) is 0.855. The molecule has 2 saturated heterocycles. The van der Waals surface area contributed by atoms with Crippen LogP contribution >= 0.6 is 0 Å². The predicted molar refractivity (Wildman–Crippen MR) is 79.4 cm³/mol. The summed E-state index contributed by atoms with van der Waals surface area (Å²) in [4.78, 5) is 0. The predicted octanol–water partition coefficient (Wildman–Crippen LogP) is 1.30. The van der Waals surface area contributed by atoms with Gasteiger partial charge in [-0.2, -0.15) is 17.0 Å². The summed E-state index contributed by atoms with van der Waals surface area (Å²) in [6.07, 6.45) is 2.49. The lowest BCUT2D eigenvalue weighted by Gasteiger charge is -2.33. The molecule has 5 nitrogen and oxygen atoms in total. The van der Waals surface area contributed by atoms with Crippen molar-refractivity contribution < 1.29 is 13.5 Å². The highest BCUT2D eigenvalue weighted by Crippen LogP contribution is 2.35. The fourth-order valence-corrected chi connectivity index (χ4v) is 4.83. The Hall–Kier alpha value is -0.170. The van der Waals surface area contributed by atoms with Crippen LogP contribution in [0.15, 0.2) is 0 Å². The van der Waals surface area contributed by atoms with Gasteiger partial charge in [0.05, 0.1) is 0 Å². The van der Waals surface area contributed by atoms with Crippen molar-refractivity contribution in [2.75, 3.05) is 32.8 Å². The van der Waals surface area contributed by atoms with E-state index >= 15 is 0 Å². The van der Waals surface area contributed by atoms with Crippen LogP contribution in [0.2, 0.25) is 0 Å². The average Bonchev–Trinajstić information content (AvgIpc) is 2.89. The van der Waals surface area contributed by atoms with E-state index in [0.29, 0.717) is 32.1 Å². The monoisotopic (exact) mass is 304 g/mol. The van der Waals surface area contributed by atoms with Crippen molar-refractivity contribution in [2.45, 2.75) is 40.0 Å². The number of hydrogen-bond donors (Lipinski definition) is 1. The third-order valence-electron chi connectivity index (χ3n) is 4.86. The van der Waals surface area contributed by atoms with Crippen molar-refractivity contribution in [1.82, 2.24) is 8.61 Å². The summed E-state index contributed by atoms with van der Waals surface area (Å²) >= 11 is 0. The highest BCUT2D eigenvalue weighted by atomic mass is 32.2. The summed E-state index contributed by atoms with van der Waals surface area (Å²) < 4.78 is 28.5. The zero-order valence-electron chi connectivity index (χ0n) is 12.9. The number of aliphatic hydroxyl groups is 1. The summed E-state index contributed by atoms with van der Waals surface area (Å²) in [5, 5.41) is 9.14. The van der Waals surface area contributed by atoms with Crippen LogP contribution in [0, 0.1) is 17.3 Å². The Morgan fingerprint density at radius 2 is 1.60 bits per heavy atom. The zero-order valence-corrected chi connectivity index (χ0v) is 13.7. The van der Waals surface area contributed by atoms with Crippen LogP contribution in [0.4, 0.5) is 0 Å². The number of nitrogens with zero attached hydrogens (tertiary/aromatic N) is 2. The van der Waals surface area contributed by atoms with Gasteiger partial charge < -0.3 is 5.11 Å². The van der Waals surface area contributed by atoms with Crippen LogP contribution in [0.1, 0.15) is 40.0 Å². The van der Waals surface area contributed by atoms with E-state index in [1.165, 1.54) is 0 Å². The first-order valence-electron chi connectivity index (χ1n) is 7.61. The van der Waals surface area contributed by atoms with Gasteiger partial charge in [-0.15, -0.1) is 0 Å². The number of piperidine rings is 1. The Labute approximate surface area is 123 Å². The molecular weight excluding hydrogens is 276 g/mol. The molecule has 2 aliphatic heterocycles.